The fraction of sp³-hybridized carbons (Fsp3) is 0.840. The Labute approximate surface area is 206 Å². The van der Waals surface area contributed by atoms with E-state index in [1.54, 1.807) is 9.48 Å². The van der Waals surface area contributed by atoms with Gasteiger partial charge in [-0.25, -0.2) is 0 Å². The molecule has 0 bridgehead atoms. The Bertz CT molecular complexity index is 736. The van der Waals surface area contributed by atoms with E-state index in [0.29, 0.717) is 31.9 Å². The zero-order valence-electron chi connectivity index (χ0n) is 21.0. The first-order valence-electron chi connectivity index (χ1n) is 13.1. The Balaban J connectivity index is 2.28. The van der Waals surface area contributed by atoms with Crippen molar-refractivity contribution in [1.82, 2.24) is 4.90 Å². The molecule has 3 N–H and O–H groups in total. The van der Waals surface area contributed by atoms with Crippen LogP contribution in [0.15, 0.2) is 12.2 Å². The van der Waals surface area contributed by atoms with Crippen LogP contribution >= 0.6 is 0 Å². The van der Waals surface area contributed by atoms with E-state index in [1.807, 2.05) is 0 Å². The third-order valence-electron chi connectivity index (χ3n) is 6.12. The number of Topliss-reactive ketones (excluding diaryl/α,β-unsaturated/α-hetero) is 1. The standard InChI is InChI=1S/C25H46N2O6S/c1-2-3-4-5-6-7-8-9-10-11-12-13-14-15-16-24(30)25-26(19-20-28)17-18-27(25)21-23(29)22-34(31,32)33/h3-4,23,28-29H,2,5-22H2,1H3/p+1/b4-3+. The highest BCUT2D eigenvalue weighted by atomic mass is 32.2. The van der Waals surface area contributed by atoms with Crippen molar-refractivity contribution in [2.45, 2.75) is 96.5 Å². The molecule has 0 aliphatic carbocycles. The molecule has 0 aromatic rings. The van der Waals surface area contributed by atoms with Gasteiger partial charge >= 0.3 is 5.84 Å². The number of rotatable bonds is 21. The number of nitrogens with zero attached hydrogens (tertiary/aromatic N) is 2. The van der Waals surface area contributed by atoms with Crippen LogP contribution < -0.4 is 0 Å². The summed E-state index contributed by atoms with van der Waals surface area (Å²) in [6.45, 7) is 3.36. The van der Waals surface area contributed by atoms with Crippen LogP contribution in [0.5, 0.6) is 0 Å². The molecular weight excluding hydrogens is 456 g/mol. The van der Waals surface area contributed by atoms with Crippen LogP contribution in [0.1, 0.15) is 90.4 Å². The molecule has 0 aromatic heterocycles. The van der Waals surface area contributed by atoms with E-state index >= 15 is 0 Å². The molecule has 1 rings (SSSR count). The fourth-order valence-electron chi connectivity index (χ4n) is 4.43. The number of ketones is 1. The van der Waals surface area contributed by atoms with Crippen molar-refractivity contribution < 1.29 is 32.6 Å². The van der Waals surface area contributed by atoms with Crippen molar-refractivity contribution in [1.29, 1.82) is 0 Å². The Morgan fingerprint density at radius 1 is 1.03 bits per heavy atom. The normalized spacial score (nSPS) is 15.6. The summed E-state index contributed by atoms with van der Waals surface area (Å²) in [4.78, 5) is 14.7. The smallest absolute Gasteiger partial charge is 0.316 e. The second-order valence-corrected chi connectivity index (χ2v) is 10.8. The largest absolute Gasteiger partial charge is 0.392 e. The monoisotopic (exact) mass is 503 g/mol. The van der Waals surface area contributed by atoms with Gasteiger partial charge in [0, 0.05) is 6.42 Å². The molecule has 0 fully saturated rings. The van der Waals surface area contributed by atoms with Crippen molar-refractivity contribution in [2.24, 2.45) is 0 Å². The molecule has 1 aliphatic heterocycles. The predicted octanol–water partition coefficient (Wildman–Crippen LogP) is 3.17. The topological polar surface area (TPSA) is 118 Å². The van der Waals surface area contributed by atoms with Gasteiger partial charge in [-0.3, -0.25) is 18.8 Å². The first-order valence-corrected chi connectivity index (χ1v) is 14.7. The number of β-amino-alcohol motifs (C(OH)–C–C–N with tert-alkyl or cyclic N) is 2. The lowest BCUT2D eigenvalue weighted by Crippen LogP contribution is -2.40. The van der Waals surface area contributed by atoms with Crippen LogP contribution in [0, 0.1) is 0 Å². The summed E-state index contributed by atoms with van der Waals surface area (Å²) < 4.78 is 32.6. The van der Waals surface area contributed by atoms with Gasteiger partial charge < -0.3 is 10.2 Å². The van der Waals surface area contributed by atoms with Crippen LogP contribution in [0.3, 0.4) is 0 Å². The van der Waals surface area contributed by atoms with Crippen molar-refractivity contribution in [3.63, 3.8) is 0 Å². The molecule has 8 nitrogen and oxygen atoms in total. The summed E-state index contributed by atoms with van der Waals surface area (Å²) in [6.07, 6.45) is 17.8. The van der Waals surface area contributed by atoms with E-state index in [1.165, 1.54) is 51.4 Å². The van der Waals surface area contributed by atoms with Crippen LogP contribution in [-0.4, -0.2) is 88.9 Å². The molecule has 9 heteroatoms. The number of allylic oxidation sites excluding steroid dienone is 2. The fourth-order valence-corrected chi connectivity index (χ4v) is 5.02. The molecule has 0 amide bonds. The summed E-state index contributed by atoms with van der Waals surface area (Å²) in [5, 5.41) is 19.3. The number of amidine groups is 1. The first-order chi connectivity index (χ1) is 16.3. The average molecular weight is 504 g/mol. The Hall–Kier alpha value is -1.29. The second kappa shape index (κ2) is 18.0. The molecule has 1 heterocycles. The van der Waals surface area contributed by atoms with Gasteiger partial charge in [-0.05, 0) is 25.7 Å². The molecule has 0 saturated carbocycles. The van der Waals surface area contributed by atoms with E-state index in [0.717, 1.165) is 25.7 Å². The Morgan fingerprint density at radius 2 is 1.62 bits per heavy atom. The van der Waals surface area contributed by atoms with E-state index < -0.39 is 22.0 Å². The van der Waals surface area contributed by atoms with Gasteiger partial charge in [0.2, 0.25) is 5.78 Å². The van der Waals surface area contributed by atoms with Gasteiger partial charge in [0.15, 0.2) is 0 Å². The molecule has 0 radical (unpaired) electrons. The number of aliphatic hydroxyl groups excluding tert-OH is 2. The highest BCUT2D eigenvalue weighted by Crippen LogP contribution is 2.14. The van der Waals surface area contributed by atoms with E-state index in [2.05, 4.69) is 19.1 Å². The predicted molar refractivity (Wildman–Crippen MR) is 136 cm³/mol. The molecule has 198 valence electrons. The number of carbonyl (C=O) groups excluding carboxylic acids is 1. The molecule has 0 aromatic carbocycles. The summed E-state index contributed by atoms with van der Waals surface area (Å²) in [5.41, 5.74) is 0. The molecule has 34 heavy (non-hydrogen) atoms. The minimum Gasteiger partial charge on any atom is -0.392 e. The summed E-state index contributed by atoms with van der Waals surface area (Å²) in [6, 6.07) is 0. The summed E-state index contributed by atoms with van der Waals surface area (Å²) in [5.74, 6) is -0.367. The zero-order valence-corrected chi connectivity index (χ0v) is 21.9. The van der Waals surface area contributed by atoms with Crippen molar-refractivity contribution in [3.8, 4) is 0 Å². The second-order valence-electron chi connectivity index (χ2n) is 9.26. The van der Waals surface area contributed by atoms with Crippen molar-refractivity contribution in [3.05, 3.63) is 12.2 Å². The van der Waals surface area contributed by atoms with Gasteiger partial charge in [-0.1, -0.05) is 70.4 Å². The lowest BCUT2D eigenvalue weighted by molar-refractivity contribution is -0.525. The minimum atomic E-state index is -4.29. The maximum atomic E-state index is 12.9. The lowest BCUT2D eigenvalue weighted by Gasteiger charge is -2.13. The van der Waals surface area contributed by atoms with E-state index in [-0.39, 0.29) is 18.9 Å². The number of carbonyl (C=O) groups is 1. The summed E-state index contributed by atoms with van der Waals surface area (Å²) >= 11 is 0. The van der Waals surface area contributed by atoms with Crippen LogP contribution in [0.25, 0.3) is 0 Å². The molecular formula is C25H47N2O6S+. The maximum absolute atomic E-state index is 12.9. The molecule has 1 atom stereocenters. The third kappa shape index (κ3) is 14.2. The van der Waals surface area contributed by atoms with Gasteiger partial charge in [-0.2, -0.15) is 8.42 Å². The van der Waals surface area contributed by atoms with Crippen molar-refractivity contribution >= 4 is 21.7 Å². The van der Waals surface area contributed by atoms with Gasteiger partial charge in [0.1, 0.15) is 38.0 Å². The van der Waals surface area contributed by atoms with Crippen LogP contribution in [0.2, 0.25) is 0 Å². The molecule has 0 saturated heterocycles. The quantitative estimate of drug-likeness (QED) is 0.0953. The van der Waals surface area contributed by atoms with Crippen LogP contribution in [0.4, 0.5) is 0 Å². The number of aliphatic hydroxyl groups is 2. The SMILES string of the molecule is CC/C=C/CCCCCCCCCCCCC(=O)C1=[N+](CC(O)CS(=O)(=O)O)CCN1CCO. The number of hydrogen-bond donors (Lipinski definition) is 3. The summed E-state index contributed by atoms with van der Waals surface area (Å²) in [7, 11) is -4.29. The van der Waals surface area contributed by atoms with Crippen molar-refractivity contribution in [2.75, 3.05) is 38.5 Å². The Kier molecular flexibility index (Phi) is 16.3. The van der Waals surface area contributed by atoms with Gasteiger partial charge in [0.25, 0.3) is 10.1 Å². The van der Waals surface area contributed by atoms with Gasteiger partial charge in [0.05, 0.1) is 6.61 Å². The Morgan fingerprint density at radius 3 is 2.18 bits per heavy atom. The first kappa shape index (κ1) is 30.7. The zero-order chi connectivity index (χ0) is 25.2. The van der Waals surface area contributed by atoms with E-state index in [9.17, 15) is 23.4 Å². The number of hydrogen-bond acceptors (Lipinski definition) is 6. The molecule has 0 spiro atoms. The van der Waals surface area contributed by atoms with Gasteiger partial charge in [-0.15, -0.1) is 0 Å². The van der Waals surface area contributed by atoms with Crippen LogP contribution in [-0.2, 0) is 14.9 Å². The van der Waals surface area contributed by atoms with E-state index in [4.69, 9.17) is 4.55 Å². The average Bonchev–Trinajstić information content (AvgIpc) is 3.14. The molecule has 1 unspecified atom stereocenters. The highest BCUT2D eigenvalue weighted by Gasteiger charge is 2.36. The molecule has 1 aliphatic rings. The number of unbranched alkanes of at least 4 members (excludes halogenated alkanes) is 10. The lowest BCUT2D eigenvalue weighted by atomic mass is 10.0. The third-order valence-corrected chi connectivity index (χ3v) is 6.93. The maximum Gasteiger partial charge on any atom is 0.316 e. The highest BCUT2D eigenvalue weighted by molar-refractivity contribution is 7.85. The minimum absolute atomic E-state index is 0.0428.